The minimum atomic E-state index is -1.86. The number of nitrogens with zero attached hydrogens (tertiary/aromatic N) is 4. The Labute approximate surface area is 406 Å². The fourth-order valence-corrected chi connectivity index (χ4v) is 12.5. The summed E-state index contributed by atoms with van der Waals surface area (Å²) >= 11 is -1.86. The molecule has 0 bridgehead atoms. The van der Waals surface area contributed by atoms with Crippen LogP contribution in [0.15, 0.2) is 144 Å². The first-order chi connectivity index (χ1) is 31.2. The third kappa shape index (κ3) is 9.34. The topological polar surface area (TPSA) is 56.7 Å². The number of fused-ring (bicyclic) bond motifs is 5. The molecule has 7 heteroatoms. The zero-order valence-corrected chi connectivity index (χ0v) is 44.2. The number of benzene rings is 6. The first-order valence-electron chi connectivity index (χ1n) is 23.1. The van der Waals surface area contributed by atoms with E-state index >= 15 is 0 Å². The Hall–Kier alpha value is -5.66. The number of hydrogen-bond acceptors (Lipinski definition) is 4. The van der Waals surface area contributed by atoms with Crippen LogP contribution in [0.25, 0.3) is 83.3 Å². The summed E-state index contributed by atoms with van der Waals surface area (Å²) in [5.41, 5.74) is 15.0. The van der Waals surface area contributed by atoms with Crippen LogP contribution in [-0.2, 0) is 26.5 Å². The number of imidazole rings is 1. The van der Waals surface area contributed by atoms with Crippen molar-refractivity contribution >= 4 is 61.5 Å². The maximum Gasteiger partial charge on any atom is 0.216 e. The predicted molar refractivity (Wildman–Crippen MR) is 276 cm³/mol. The van der Waals surface area contributed by atoms with Crippen LogP contribution in [0.4, 0.5) is 0 Å². The Morgan fingerprint density at radius 2 is 1.38 bits per heavy atom. The molecule has 335 valence electrons. The van der Waals surface area contributed by atoms with Crippen LogP contribution in [0.3, 0.4) is 0 Å². The van der Waals surface area contributed by atoms with Crippen molar-refractivity contribution in [1.29, 1.82) is 0 Å². The monoisotopic (exact) mass is 1110 g/mol. The molecule has 0 fully saturated rings. The molecule has 10 rings (SSSR count). The fraction of sp³-hybridized carbons (Fsp3) is 0.237. The minimum absolute atomic E-state index is 0. The molecular weight excluding hydrogens is 1050 g/mol. The van der Waals surface area contributed by atoms with Gasteiger partial charge in [-0.25, -0.2) is 4.98 Å². The molecule has 0 aliphatic carbocycles. The van der Waals surface area contributed by atoms with Crippen molar-refractivity contribution in [2.45, 2.75) is 84.0 Å². The van der Waals surface area contributed by atoms with E-state index in [1.54, 1.807) is 4.40 Å². The molecule has 0 spiro atoms. The maximum absolute atomic E-state index is 6.48. The Kier molecular flexibility index (Phi) is 13.7. The zero-order chi connectivity index (χ0) is 45.6. The standard InChI is InChI=1S/C41H34N3O.C18H24GeN.Ir/c1-24(2)34-22-30(29-19-18-27-11-6-7-12-28(27)21-29)23-35(25(3)4)38(34)44-37-16-9-8-15-36(37)43-40(44)33-14-10-13-31-32-20-17-26(5)42-41(32)45-39(31)33;1-14(2)11-16-12-18(15-9-7-6-8-10-15)20-13-17(16)19(3,4)5;/h6-13,15-25H,1-5H3;6-9,12-14H,11H2,1-5H3;/q2*-1;. The summed E-state index contributed by atoms with van der Waals surface area (Å²) in [4.78, 5) is 14.7. The van der Waals surface area contributed by atoms with Gasteiger partial charge in [-0.3, -0.25) is 4.98 Å². The third-order valence-corrected chi connectivity index (χ3v) is 16.7. The van der Waals surface area contributed by atoms with Gasteiger partial charge in [0.2, 0.25) is 5.71 Å². The van der Waals surface area contributed by atoms with Gasteiger partial charge in [-0.1, -0.05) is 87.2 Å². The smallest absolute Gasteiger partial charge is 0.216 e. The van der Waals surface area contributed by atoms with E-state index in [0.717, 1.165) is 62.1 Å². The molecule has 0 aliphatic rings. The van der Waals surface area contributed by atoms with Gasteiger partial charge in [0.05, 0.1) is 22.4 Å². The largest absolute Gasteiger partial charge is 0.486 e. The fourth-order valence-electron chi connectivity index (χ4n) is 9.14. The molecule has 0 saturated heterocycles. The van der Waals surface area contributed by atoms with Gasteiger partial charge >= 0.3 is 126 Å². The van der Waals surface area contributed by atoms with E-state index in [0.29, 0.717) is 11.6 Å². The molecule has 0 N–H and O–H groups in total. The minimum Gasteiger partial charge on any atom is -0.486 e. The summed E-state index contributed by atoms with van der Waals surface area (Å²) in [5, 5.41) is 4.52. The first-order valence-corrected chi connectivity index (χ1v) is 30.4. The van der Waals surface area contributed by atoms with Crippen LogP contribution in [0.2, 0.25) is 17.3 Å². The van der Waals surface area contributed by atoms with Crippen molar-refractivity contribution < 1.29 is 24.5 Å². The van der Waals surface area contributed by atoms with E-state index in [1.165, 1.54) is 44.3 Å². The molecule has 10 aromatic rings. The van der Waals surface area contributed by atoms with Crippen LogP contribution in [0, 0.1) is 25.0 Å². The summed E-state index contributed by atoms with van der Waals surface area (Å²) in [6, 6.07) is 53.8. The van der Waals surface area contributed by atoms with Crippen molar-refractivity contribution in [2.24, 2.45) is 5.92 Å². The average Bonchev–Trinajstić information content (AvgIpc) is 3.86. The van der Waals surface area contributed by atoms with Gasteiger partial charge in [0.15, 0.2) is 0 Å². The number of pyridine rings is 2. The van der Waals surface area contributed by atoms with E-state index in [1.807, 2.05) is 37.3 Å². The maximum atomic E-state index is 6.48. The molecule has 4 heterocycles. The number of aryl methyl sites for hydroxylation is 1. The molecule has 4 aromatic heterocycles. The third-order valence-electron chi connectivity index (χ3n) is 12.4. The molecule has 6 aromatic carbocycles. The van der Waals surface area contributed by atoms with Gasteiger partial charge < -0.3 is 8.98 Å². The van der Waals surface area contributed by atoms with Crippen molar-refractivity contribution in [3.8, 4) is 39.5 Å². The van der Waals surface area contributed by atoms with E-state index < -0.39 is 13.3 Å². The second-order valence-electron chi connectivity index (χ2n) is 19.5. The Bertz CT molecular complexity index is 3310. The van der Waals surface area contributed by atoms with Crippen molar-refractivity contribution in [3.63, 3.8) is 0 Å². The Morgan fingerprint density at radius 1 is 0.667 bits per heavy atom. The number of rotatable bonds is 9. The van der Waals surface area contributed by atoms with Crippen LogP contribution in [-0.4, -0.2) is 32.8 Å². The van der Waals surface area contributed by atoms with E-state index in [-0.39, 0.29) is 31.9 Å². The van der Waals surface area contributed by atoms with Gasteiger partial charge in [0.25, 0.3) is 0 Å². The number of furan rings is 1. The van der Waals surface area contributed by atoms with Gasteiger partial charge in [-0.15, -0.1) is 18.2 Å². The predicted octanol–water partition coefficient (Wildman–Crippen LogP) is 15.5. The molecule has 1 radical (unpaired) electrons. The molecule has 0 saturated carbocycles. The quantitative estimate of drug-likeness (QED) is 0.107. The normalized spacial score (nSPS) is 11.8. The van der Waals surface area contributed by atoms with E-state index in [4.69, 9.17) is 19.4 Å². The summed E-state index contributed by atoms with van der Waals surface area (Å²) in [6.07, 6.45) is 3.27. The number of aromatic nitrogens is 4. The molecule has 5 nitrogen and oxygen atoms in total. The Morgan fingerprint density at radius 3 is 2.08 bits per heavy atom. The average molecular weight is 1100 g/mol. The van der Waals surface area contributed by atoms with Crippen LogP contribution in [0.5, 0.6) is 0 Å². The molecule has 66 heavy (non-hydrogen) atoms. The number of hydrogen-bond donors (Lipinski definition) is 0. The molecular formula is C59H58GeIrN4O-2. The first kappa shape index (κ1) is 46.9. The van der Waals surface area contributed by atoms with E-state index in [9.17, 15) is 0 Å². The second-order valence-corrected chi connectivity index (χ2v) is 30.1. The van der Waals surface area contributed by atoms with Crippen molar-refractivity contribution in [1.82, 2.24) is 19.5 Å². The second kappa shape index (κ2) is 19.3. The summed E-state index contributed by atoms with van der Waals surface area (Å²) in [5.74, 6) is 9.35. The summed E-state index contributed by atoms with van der Waals surface area (Å²) in [6.45, 7) is 15.7. The van der Waals surface area contributed by atoms with Gasteiger partial charge in [0.1, 0.15) is 0 Å². The summed E-state index contributed by atoms with van der Waals surface area (Å²) in [7, 11) is 0. The van der Waals surface area contributed by atoms with Crippen LogP contribution >= 0.6 is 0 Å². The number of para-hydroxylation sites is 2. The summed E-state index contributed by atoms with van der Waals surface area (Å²) < 4.78 is 10.4. The molecule has 0 unspecified atom stereocenters. The van der Waals surface area contributed by atoms with E-state index in [2.05, 4.69) is 185 Å². The van der Waals surface area contributed by atoms with Crippen molar-refractivity contribution in [2.75, 3.05) is 0 Å². The molecule has 0 atom stereocenters. The molecule has 0 amide bonds. The van der Waals surface area contributed by atoms with Gasteiger partial charge in [-0.2, -0.15) is 0 Å². The van der Waals surface area contributed by atoms with Crippen LogP contribution < -0.4 is 4.40 Å². The van der Waals surface area contributed by atoms with Gasteiger partial charge in [0, 0.05) is 36.9 Å². The van der Waals surface area contributed by atoms with Crippen molar-refractivity contribution in [3.05, 3.63) is 174 Å². The van der Waals surface area contributed by atoms with Crippen LogP contribution in [0.1, 0.15) is 75.8 Å². The molecule has 0 aliphatic heterocycles. The Balaban J connectivity index is 0.000000238. The SMILES string of the molecule is CC(C)Cc1cc(-c2[c-]cccc2)nc[c]1[Ge]([CH3])([CH3])[CH3].Cc1ccc2c(n1)oc1c(-c3nc4ccccc4n3-c3c(C(C)C)cc(-c4ccc5ccccc5c4)cc3C(C)C)[c-]ccc12.[Ir]. The van der Waals surface area contributed by atoms with Gasteiger partial charge in [-0.05, 0) is 94.3 Å². The zero-order valence-electron chi connectivity index (χ0n) is 39.7.